The van der Waals surface area contributed by atoms with Crippen molar-refractivity contribution in [3.05, 3.63) is 0 Å². The van der Waals surface area contributed by atoms with Crippen LogP contribution in [0.2, 0.25) is 0 Å². The Hall–Kier alpha value is -1.79. The Morgan fingerprint density at radius 3 is 2.35 bits per heavy atom. The van der Waals surface area contributed by atoms with Crippen molar-refractivity contribution < 1.29 is 24.2 Å². The molecule has 0 spiro atoms. The zero-order chi connectivity index (χ0) is 15.4. The molecule has 1 aliphatic rings. The Labute approximate surface area is 118 Å². The van der Waals surface area contributed by atoms with E-state index >= 15 is 0 Å². The number of rotatable bonds is 4. The third-order valence-electron chi connectivity index (χ3n) is 3.65. The molecule has 0 aliphatic carbocycles. The largest absolute Gasteiger partial charge is 0.467 e. The highest BCUT2D eigenvalue weighted by molar-refractivity contribution is 5.86. The van der Waals surface area contributed by atoms with Gasteiger partial charge in [0.1, 0.15) is 6.04 Å². The number of nitrogens with zero attached hydrogens (tertiary/aromatic N) is 2. The van der Waals surface area contributed by atoms with Gasteiger partial charge in [-0.25, -0.2) is 9.59 Å². The molecular weight excluding hydrogens is 264 g/mol. The van der Waals surface area contributed by atoms with Crippen LogP contribution >= 0.6 is 0 Å². The molecule has 114 valence electrons. The molecule has 2 amide bonds. The fraction of sp³-hybridized carbons (Fsp3) is 0.769. The molecule has 2 atom stereocenters. The van der Waals surface area contributed by atoms with Gasteiger partial charge < -0.3 is 19.6 Å². The third kappa shape index (κ3) is 3.40. The second-order valence-electron chi connectivity index (χ2n) is 5.38. The normalized spacial score (nSPS) is 19.9. The molecule has 7 heteroatoms. The second kappa shape index (κ2) is 6.58. The van der Waals surface area contributed by atoms with Crippen LogP contribution < -0.4 is 0 Å². The first-order valence-electron chi connectivity index (χ1n) is 6.62. The van der Waals surface area contributed by atoms with Crippen molar-refractivity contribution in [1.82, 2.24) is 9.80 Å². The number of hydrogen-bond acceptors (Lipinski definition) is 4. The van der Waals surface area contributed by atoms with Crippen molar-refractivity contribution in [2.24, 2.45) is 11.8 Å². The van der Waals surface area contributed by atoms with E-state index in [-0.39, 0.29) is 24.3 Å². The van der Waals surface area contributed by atoms with Crippen LogP contribution in [-0.2, 0) is 14.3 Å². The van der Waals surface area contributed by atoms with E-state index in [2.05, 4.69) is 0 Å². The molecule has 1 rings (SSSR count). The van der Waals surface area contributed by atoms with Crippen LogP contribution in [-0.4, -0.2) is 66.2 Å². The van der Waals surface area contributed by atoms with Crippen molar-refractivity contribution in [1.29, 1.82) is 0 Å². The Balaban J connectivity index is 2.75. The monoisotopic (exact) mass is 286 g/mol. The summed E-state index contributed by atoms with van der Waals surface area (Å²) in [6.07, 6.45) is -0.530. The van der Waals surface area contributed by atoms with Gasteiger partial charge in [-0.05, 0) is 12.3 Å². The standard InChI is InChI=1S/C13H22N2O5/c1-8(2)10(12(17)20-4)14(3)11(16)9-5-6-15(7-9)13(18)19/h8-10H,5-7H2,1-4H3,(H,18,19). The van der Waals surface area contributed by atoms with Crippen LogP contribution in [0.4, 0.5) is 4.79 Å². The minimum absolute atomic E-state index is 0.0756. The van der Waals surface area contributed by atoms with E-state index in [0.717, 1.165) is 0 Å². The number of hydrogen-bond donors (Lipinski definition) is 1. The highest BCUT2D eigenvalue weighted by Crippen LogP contribution is 2.21. The lowest BCUT2D eigenvalue weighted by atomic mass is 10.00. The minimum Gasteiger partial charge on any atom is -0.467 e. The van der Waals surface area contributed by atoms with Gasteiger partial charge in [0, 0.05) is 20.1 Å². The van der Waals surface area contributed by atoms with Gasteiger partial charge in [0.2, 0.25) is 5.91 Å². The van der Waals surface area contributed by atoms with Crippen LogP contribution in [0.25, 0.3) is 0 Å². The SMILES string of the molecule is COC(=O)C(C(C)C)N(C)C(=O)C1CCN(C(=O)O)C1. The van der Waals surface area contributed by atoms with Crippen LogP contribution in [0.5, 0.6) is 0 Å². The summed E-state index contributed by atoms with van der Waals surface area (Å²) in [5, 5.41) is 8.90. The number of carboxylic acid groups (broad SMARTS) is 1. The summed E-state index contributed by atoms with van der Waals surface area (Å²) >= 11 is 0. The zero-order valence-corrected chi connectivity index (χ0v) is 12.3. The maximum absolute atomic E-state index is 12.4. The minimum atomic E-state index is -1.02. The summed E-state index contributed by atoms with van der Waals surface area (Å²) in [4.78, 5) is 37.6. The van der Waals surface area contributed by atoms with Gasteiger partial charge in [-0.1, -0.05) is 13.8 Å². The molecule has 0 aromatic rings. The fourth-order valence-electron chi connectivity index (χ4n) is 2.56. The maximum atomic E-state index is 12.4. The third-order valence-corrected chi connectivity index (χ3v) is 3.65. The number of likely N-dealkylation sites (N-methyl/N-ethyl adjacent to an activating group) is 1. The smallest absolute Gasteiger partial charge is 0.407 e. The Bertz CT molecular complexity index is 396. The van der Waals surface area contributed by atoms with Gasteiger partial charge in [-0.2, -0.15) is 0 Å². The van der Waals surface area contributed by atoms with Crippen molar-refractivity contribution in [2.75, 3.05) is 27.2 Å². The highest BCUT2D eigenvalue weighted by atomic mass is 16.5. The molecule has 0 aromatic heterocycles. The molecule has 0 bridgehead atoms. The molecule has 0 aromatic carbocycles. The molecule has 1 heterocycles. The lowest BCUT2D eigenvalue weighted by Crippen LogP contribution is -2.48. The Kier molecular flexibility index (Phi) is 5.35. The maximum Gasteiger partial charge on any atom is 0.407 e. The molecule has 1 aliphatic heterocycles. The van der Waals surface area contributed by atoms with Gasteiger partial charge in [0.25, 0.3) is 0 Å². The summed E-state index contributed by atoms with van der Waals surface area (Å²) in [5.41, 5.74) is 0. The average molecular weight is 286 g/mol. The van der Waals surface area contributed by atoms with E-state index in [0.29, 0.717) is 13.0 Å². The predicted molar refractivity (Wildman–Crippen MR) is 71.1 cm³/mol. The lowest BCUT2D eigenvalue weighted by molar-refractivity contribution is -0.155. The van der Waals surface area contributed by atoms with Crippen molar-refractivity contribution in [3.8, 4) is 0 Å². The Morgan fingerprint density at radius 1 is 1.35 bits per heavy atom. The van der Waals surface area contributed by atoms with E-state index in [9.17, 15) is 14.4 Å². The number of likely N-dealkylation sites (tertiary alicyclic amines) is 1. The van der Waals surface area contributed by atoms with Crippen molar-refractivity contribution in [2.45, 2.75) is 26.3 Å². The van der Waals surface area contributed by atoms with Gasteiger partial charge in [-0.3, -0.25) is 4.79 Å². The van der Waals surface area contributed by atoms with Crippen LogP contribution in [0.3, 0.4) is 0 Å². The molecule has 1 N–H and O–H groups in total. The number of carbonyl (C=O) groups is 3. The second-order valence-corrected chi connectivity index (χ2v) is 5.38. The van der Waals surface area contributed by atoms with Crippen LogP contribution in [0, 0.1) is 11.8 Å². The quantitative estimate of drug-likeness (QED) is 0.766. The lowest BCUT2D eigenvalue weighted by Gasteiger charge is -2.30. The molecule has 7 nitrogen and oxygen atoms in total. The summed E-state index contributed by atoms with van der Waals surface area (Å²) in [6, 6.07) is -0.647. The molecular formula is C13H22N2O5. The van der Waals surface area contributed by atoms with E-state index in [1.165, 1.54) is 16.9 Å². The first-order chi connectivity index (χ1) is 9.29. The number of ether oxygens (including phenoxy) is 1. The summed E-state index contributed by atoms with van der Waals surface area (Å²) in [5.74, 6) is -1.13. The van der Waals surface area contributed by atoms with Gasteiger partial charge >= 0.3 is 12.1 Å². The van der Waals surface area contributed by atoms with E-state index in [4.69, 9.17) is 9.84 Å². The van der Waals surface area contributed by atoms with E-state index in [1.54, 1.807) is 7.05 Å². The summed E-state index contributed by atoms with van der Waals surface area (Å²) < 4.78 is 4.73. The first kappa shape index (κ1) is 16.3. The number of esters is 1. The van der Waals surface area contributed by atoms with Gasteiger partial charge in [0.15, 0.2) is 0 Å². The van der Waals surface area contributed by atoms with Gasteiger partial charge in [0.05, 0.1) is 13.0 Å². The molecule has 1 saturated heterocycles. The van der Waals surface area contributed by atoms with E-state index < -0.39 is 18.1 Å². The molecule has 1 fully saturated rings. The zero-order valence-electron chi connectivity index (χ0n) is 12.3. The highest BCUT2D eigenvalue weighted by Gasteiger charge is 2.37. The van der Waals surface area contributed by atoms with Crippen molar-refractivity contribution in [3.63, 3.8) is 0 Å². The molecule has 2 unspecified atom stereocenters. The predicted octanol–water partition coefficient (Wildman–Crippen LogP) is 0.642. The summed E-state index contributed by atoms with van der Waals surface area (Å²) in [7, 11) is 2.85. The molecule has 0 radical (unpaired) electrons. The number of methoxy groups -OCH3 is 1. The number of carbonyl (C=O) groups excluding carboxylic acids is 2. The van der Waals surface area contributed by atoms with Gasteiger partial charge in [-0.15, -0.1) is 0 Å². The van der Waals surface area contributed by atoms with Crippen LogP contribution in [0.1, 0.15) is 20.3 Å². The molecule has 0 saturated carbocycles. The first-order valence-corrected chi connectivity index (χ1v) is 6.62. The molecule has 20 heavy (non-hydrogen) atoms. The topological polar surface area (TPSA) is 87.2 Å². The van der Waals surface area contributed by atoms with E-state index in [1.807, 2.05) is 13.8 Å². The average Bonchev–Trinajstić information content (AvgIpc) is 2.86. The summed E-state index contributed by atoms with van der Waals surface area (Å²) in [6.45, 7) is 4.21. The Morgan fingerprint density at radius 2 is 1.95 bits per heavy atom. The van der Waals surface area contributed by atoms with Crippen molar-refractivity contribution >= 4 is 18.0 Å². The number of amides is 2. The fourth-order valence-corrected chi connectivity index (χ4v) is 2.56. The van der Waals surface area contributed by atoms with Crippen LogP contribution in [0.15, 0.2) is 0 Å².